The van der Waals surface area contributed by atoms with Crippen LogP contribution in [0.3, 0.4) is 0 Å². The maximum atomic E-state index is 13.0. The Kier molecular flexibility index (Phi) is 4.46. The molecule has 24 heavy (non-hydrogen) atoms. The van der Waals surface area contributed by atoms with Gasteiger partial charge < -0.3 is 11.1 Å². The molecule has 0 aliphatic carbocycles. The van der Waals surface area contributed by atoms with E-state index in [4.69, 9.17) is 5.73 Å². The number of aryl methyl sites for hydroxylation is 1. The van der Waals surface area contributed by atoms with Crippen molar-refractivity contribution in [3.8, 4) is 10.4 Å². The summed E-state index contributed by atoms with van der Waals surface area (Å²) in [7, 11) is 1.81. The molecule has 1 aromatic carbocycles. The molecule has 5 nitrogen and oxygen atoms in total. The Hall–Kier alpha value is -2.51. The third kappa shape index (κ3) is 3.08. The zero-order valence-corrected chi connectivity index (χ0v) is 14.2. The van der Waals surface area contributed by atoms with Gasteiger partial charge in [-0.2, -0.15) is 5.10 Å². The van der Waals surface area contributed by atoms with E-state index in [-0.39, 0.29) is 11.7 Å². The standard InChI is InChI=1S/C17H17FN4OS/c1-10-13(9-19)16(21-22(10)2)20-17(23)15-8-7-14(24-15)11-3-5-12(18)6-4-11/h3-8H,9,19H2,1-2H3,(H,20,21,23). The molecule has 0 atom stereocenters. The molecule has 1 amide bonds. The van der Waals surface area contributed by atoms with E-state index in [2.05, 4.69) is 10.4 Å². The average molecular weight is 344 g/mol. The second-order valence-corrected chi connectivity index (χ2v) is 6.45. The van der Waals surface area contributed by atoms with Gasteiger partial charge in [-0.15, -0.1) is 11.3 Å². The van der Waals surface area contributed by atoms with Gasteiger partial charge in [-0.25, -0.2) is 4.39 Å². The molecule has 7 heteroatoms. The molecule has 0 radical (unpaired) electrons. The van der Waals surface area contributed by atoms with E-state index in [0.717, 1.165) is 21.7 Å². The van der Waals surface area contributed by atoms with Crippen LogP contribution in [-0.4, -0.2) is 15.7 Å². The molecule has 0 unspecified atom stereocenters. The van der Waals surface area contributed by atoms with E-state index >= 15 is 0 Å². The molecule has 0 saturated heterocycles. The minimum Gasteiger partial charge on any atom is -0.326 e. The van der Waals surface area contributed by atoms with Crippen molar-refractivity contribution in [2.75, 3.05) is 5.32 Å². The van der Waals surface area contributed by atoms with Gasteiger partial charge in [-0.05, 0) is 36.8 Å². The number of hydrogen-bond donors (Lipinski definition) is 2. The number of halogens is 1. The van der Waals surface area contributed by atoms with Gasteiger partial charge in [0.2, 0.25) is 0 Å². The molecular weight excluding hydrogens is 327 g/mol. The van der Waals surface area contributed by atoms with Crippen molar-refractivity contribution >= 4 is 23.1 Å². The first kappa shape index (κ1) is 16.4. The molecule has 0 bridgehead atoms. The number of benzene rings is 1. The van der Waals surface area contributed by atoms with E-state index in [0.29, 0.717) is 17.2 Å². The molecule has 3 rings (SSSR count). The fourth-order valence-corrected chi connectivity index (χ4v) is 3.30. The van der Waals surface area contributed by atoms with Gasteiger partial charge in [0.25, 0.3) is 5.91 Å². The molecule has 0 fully saturated rings. The van der Waals surface area contributed by atoms with Crippen molar-refractivity contribution in [1.29, 1.82) is 0 Å². The number of nitrogens with two attached hydrogens (primary N) is 1. The highest BCUT2D eigenvalue weighted by atomic mass is 32.1. The number of amides is 1. The molecule has 3 aromatic rings. The van der Waals surface area contributed by atoms with Crippen LogP contribution in [0.25, 0.3) is 10.4 Å². The highest BCUT2D eigenvalue weighted by molar-refractivity contribution is 7.17. The minimum atomic E-state index is -0.284. The summed E-state index contributed by atoms with van der Waals surface area (Å²) < 4.78 is 14.7. The molecule has 2 aromatic heterocycles. The van der Waals surface area contributed by atoms with Crippen LogP contribution >= 0.6 is 11.3 Å². The first-order chi connectivity index (χ1) is 11.5. The second kappa shape index (κ2) is 6.54. The monoisotopic (exact) mass is 344 g/mol. The third-order valence-electron chi connectivity index (χ3n) is 3.85. The Morgan fingerprint density at radius 3 is 2.67 bits per heavy atom. The Morgan fingerprint density at radius 2 is 2.00 bits per heavy atom. The normalized spacial score (nSPS) is 10.8. The van der Waals surface area contributed by atoms with Crippen molar-refractivity contribution < 1.29 is 9.18 Å². The van der Waals surface area contributed by atoms with E-state index in [1.807, 2.05) is 20.0 Å². The summed E-state index contributed by atoms with van der Waals surface area (Å²) in [6.45, 7) is 2.21. The number of thiophene rings is 1. The maximum absolute atomic E-state index is 13.0. The van der Waals surface area contributed by atoms with Crippen molar-refractivity contribution in [2.45, 2.75) is 13.5 Å². The van der Waals surface area contributed by atoms with Gasteiger partial charge in [0, 0.05) is 29.7 Å². The van der Waals surface area contributed by atoms with Gasteiger partial charge >= 0.3 is 0 Å². The van der Waals surface area contributed by atoms with Crippen LogP contribution < -0.4 is 11.1 Å². The smallest absolute Gasteiger partial charge is 0.266 e. The van der Waals surface area contributed by atoms with Crippen molar-refractivity contribution in [1.82, 2.24) is 9.78 Å². The lowest BCUT2D eigenvalue weighted by atomic mass is 10.2. The Morgan fingerprint density at radius 1 is 1.29 bits per heavy atom. The van der Waals surface area contributed by atoms with Crippen LogP contribution in [0.5, 0.6) is 0 Å². The van der Waals surface area contributed by atoms with Crippen LogP contribution in [0.4, 0.5) is 10.2 Å². The fourth-order valence-electron chi connectivity index (χ4n) is 2.40. The van der Waals surface area contributed by atoms with E-state index in [1.54, 1.807) is 22.9 Å². The number of hydrogen-bond acceptors (Lipinski definition) is 4. The number of anilines is 1. The lowest BCUT2D eigenvalue weighted by Gasteiger charge is -2.02. The Bertz CT molecular complexity index is 883. The molecule has 124 valence electrons. The zero-order valence-electron chi connectivity index (χ0n) is 13.3. The lowest BCUT2D eigenvalue weighted by Crippen LogP contribution is -2.13. The summed E-state index contributed by atoms with van der Waals surface area (Å²) in [4.78, 5) is 13.9. The van der Waals surface area contributed by atoms with E-state index < -0.39 is 0 Å². The molecule has 3 N–H and O–H groups in total. The Balaban J connectivity index is 1.82. The number of aromatic nitrogens is 2. The van der Waals surface area contributed by atoms with Crippen LogP contribution in [0.15, 0.2) is 36.4 Å². The van der Waals surface area contributed by atoms with E-state index in [9.17, 15) is 9.18 Å². The second-order valence-electron chi connectivity index (χ2n) is 5.37. The van der Waals surface area contributed by atoms with Crippen molar-refractivity contribution in [3.63, 3.8) is 0 Å². The SMILES string of the molecule is Cc1c(CN)c(NC(=O)c2ccc(-c3ccc(F)cc3)s2)nn1C. The van der Waals surface area contributed by atoms with Crippen molar-refractivity contribution in [2.24, 2.45) is 12.8 Å². The van der Waals surface area contributed by atoms with Gasteiger partial charge in [0.05, 0.1) is 4.88 Å². The summed E-state index contributed by atoms with van der Waals surface area (Å²) in [5.74, 6) is -0.0338. The van der Waals surface area contributed by atoms with Crippen molar-refractivity contribution in [3.05, 3.63) is 58.3 Å². The zero-order chi connectivity index (χ0) is 17.3. The molecule has 0 saturated carbocycles. The van der Waals surface area contributed by atoms with E-state index in [1.165, 1.54) is 23.5 Å². The average Bonchev–Trinajstić information content (AvgIpc) is 3.14. The predicted octanol–water partition coefficient (Wildman–Crippen LogP) is 3.31. The molecule has 0 aliphatic rings. The van der Waals surface area contributed by atoms with Gasteiger partial charge in [0.15, 0.2) is 5.82 Å². The number of carbonyl (C=O) groups is 1. The molecular formula is C17H17FN4OS. The summed E-state index contributed by atoms with van der Waals surface area (Å²) >= 11 is 1.34. The lowest BCUT2D eigenvalue weighted by molar-refractivity contribution is 0.103. The van der Waals surface area contributed by atoms with Crippen LogP contribution in [0.2, 0.25) is 0 Å². The van der Waals surface area contributed by atoms with Crippen LogP contribution in [0.1, 0.15) is 20.9 Å². The highest BCUT2D eigenvalue weighted by Gasteiger charge is 2.16. The fraction of sp³-hybridized carbons (Fsp3) is 0.176. The number of rotatable bonds is 4. The molecule has 0 spiro atoms. The first-order valence-corrected chi connectivity index (χ1v) is 8.21. The number of nitrogens with zero attached hydrogens (tertiary/aromatic N) is 2. The summed E-state index contributed by atoms with van der Waals surface area (Å²) in [5.41, 5.74) is 8.35. The molecule has 0 aliphatic heterocycles. The topological polar surface area (TPSA) is 72.9 Å². The van der Waals surface area contributed by atoms with Gasteiger partial charge in [-0.1, -0.05) is 12.1 Å². The predicted molar refractivity (Wildman–Crippen MR) is 93.5 cm³/mol. The first-order valence-electron chi connectivity index (χ1n) is 7.39. The van der Waals surface area contributed by atoms with Gasteiger partial charge in [-0.3, -0.25) is 9.48 Å². The summed E-state index contributed by atoms with van der Waals surface area (Å²) in [6, 6.07) is 9.78. The highest BCUT2D eigenvalue weighted by Crippen LogP contribution is 2.29. The maximum Gasteiger partial charge on any atom is 0.266 e. The quantitative estimate of drug-likeness (QED) is 0.763. The Labute approximate surface area is 142 Å². The van der Waals surface area contributed by atoms with Crippen LogP contribution in [0, 0.1) is 12.7 Å². The number of carbonyl (C=O) groups excluding carboxylic acids is 1. The third-order valence-corrected chi connectivity index (χ3v) is 4.99. The minimum absolute atomic E-state index is 0.235. The number of nitrogens with one attached hydrogen (secondary N) is 1. The summed E-state index contributed by atoms with van der Waals surface area (Å²) in [5, 5.41) is 7.10. The van der Waals surface area contributed by atoms with Crippen LogP contribution in [-0.2, 0) is 13.6 Å². The van der Waals surface area contributed by atoms with Gasteiger partial charge in [0.1, 0.15) is 5.82 Å². The summed E-state index contributed by atoms with van der Waals surface area (Å²) in [6.07, 6.45) is 0. The molecule has 2 heterocycles. The largest absolute Gasteiger partial charge is 0.326 e.